The van der Waals surface area contributed by atoms with E-state index in [9.17, 15) is 5.11 Å². The van der Waals surface area contributed by atoms with Gasteiger partial charge < -0.3 is 15.7 Å². The number of nitrogen functional groups attached to an aromatic ring is 1. The molecule has 88 valence electrons. The van der Waals surface area contributed by atoms with Crippen LogP contribution in [0.1, 0.15) is 19.4 Å². The zero-order valence-corrected chi connectivity index (χ0v) is 9.86. The lowest BCUT2D eigenvalue weighted by Gasteiger charge is -2.26. The van der Waals surface area contributed by atoms with E-state index in [2.05, 4.69) is 4.98 Å². The first-order chi connectivity index (χ1) is 7.29. The van der Waals surface area contributed by atoms with Crippen LogP contribution in [0.25, 0.3) is 0 Å². The maximum atomic E-state index is 9.67. The Hall–Kier alpha value is -1.62. The molecule has 1 aromatic rings. The minimum absolute atomic E-state index is 0.00388. The first kappa shape index (κ1) is 12.4. The number of aliphatic hydroxyl groups is 1. The van der Waals surface area contributed by atoms with Crippen LogP contribution in [-0.2, 0) is 0 Å². The van der Waals surface area contributed by atoms with Crippen LogP contribution in [0.3, 0.4) is 0 Å². The number of nitrogens with two attached hydrogens (primary N) is 1. The van der Waals surface area contributed by atoms with Gasteiger partial charge in [0, 0.05) is 25.4 Å². The third kappa shape index (κ3) is 3.51. The van der Waals surface area contributed by atoms with Crippen LogP contribution in [-0.4, -0.2) is 35.1 Å². The third-order valence-electron chi connectivity index (χ3n) is 2.07. The first-order valence-corrected chi connectivity index (χ1v) is 5.03. The first-order valence-electron chi connectivity index (χ1n) is 5.03. The molecule has 0 saturated heterocycles. The van der Waals surface area contributed by atoms with E-state index in [-0.39, 0.29) is 5.84 Å². The fourth-order valence-corrected chi connectivity index (χ4v) is 1.43. The topological polar surface area (TPSA) is 86.2 Å². The molecule has 0 spiro atoms. The van der Waals surface area contributed by atoms with Crippen molar-refractivity contribution in [1.82, 2.24) is 4.98 Å². The molecule has 16 heavy (non-hydrogen) atoms. The number of pyridine rings is 1. The van der Waals surface area contributed by atoms with Crippen LogP contribution in [0, 0.1) is 5.41 Å². The highest BCUT2D eigenvalue weighted by atomic mass is 16.3. The van der Waals surface area contributed by atoms with Crippen LogP contribution in [0.15, 0.2) is 18.3 Å². The minimum Gasteiger partial charge on any atom is -0.389 e. The molecule has 0 aliphatic carbocycles. The number of rotatable bonds is 4. The maximum absolute atomic E-state index is 9.67. The molecule has 1 heterocycles. The minimum atomic E-state index is -0.768. The van der Waals surface area contributed by atoms with Gasteiger partial charge >= 0.3 is 0 Å². The smallest absolute Gasteiger partial charge is 0.128 e. The maximum Gasteiger partial charge on any atom is 0.128 e. The highest BCUT2D eigenvalue weighted by Gasteiger charge is 2.16. The van der Waals surface area contributed by atoms with Crippen molar-refractivity contribution < 1.29 is 5.11 Å². The SMILES string of the molecule is CN(CC(C)(C)O)c1ccc(C(=N)N)cn1. The summed E-state index contributed by atoms with van der Waals surface area (Å²) in [7, 11) is 1.85. The molecule has 0 unspecified atom stereocenters. The highest BCUT2D eigenvalue weighted by Crippen LogP contribution is 2.12. The molecule has 4 N–H and O–H groups in total. The van der Waals surface area contributed by atoms with E-state index in [1.165, 1.54) is 0 Å². The Morgan fingerprint density at radius 3 is 2.56 bits per heavy atom. The molecule has 0 aliphatic rings. The van der Waals surface area contributed by atoms with Gasteiger partial charge in [-0.15, -0.1) is 0 Å². The van der Waals surface area contributed by atoms with Crippen molar-refractivity contribution >= 4 is 11.7 Å². The average molecular weight is 222 g/mol. The van der Waals surface area contributed by atoms with Gasteiger partial charge in [-0.05, 0) is 26.0 Å². The second-order valence-corrected chi connectivity index (χ2v) is 4.49. The Morgan fingerprint density at radius 2 is 2.19 bits per heavy atom. The fraction of sp³-hybridized carbons (Fsp3) is 0.455. The van der Waals surface area contributed by atoms with Crippen molar-refractivity contribution in [2.45, 2.75) is 19.4 Å². The van der Waals surface area contributed by atoms with E-state index in [1.807, 2.05) is 11.9 Å². The number of nitrogens with one attached hydrogen (secondary N) is 1. The van der Waals surface area contributed by atoms with E-state index in [4.69, 9.17) is 11.1 Å². The van der Waals surface area contributed by atoms with E-state index in [0.29, 0.717) is 12.1 Å². The van der Waals surface area contributed by atoms with Gasteiger partial charge in [-0.25, -0.2) is 4.98 Å². The van der Waals surface area contributed by atoms with Crippen molar-refractivity contribution in [2.75, 3.05) is 18.5 Å². The van der Waals surface area contributed by atoms with Crippen LogP contribution >= 0.6 is 0 Å². The lowest BCUT2D eigenvalue weighted by Crippen LogP contribution is -2.36. The molecule has 1 aromatic heterocycles. The Bertz CT molecular complexity index is 367. The summed E-state index contributed by atoms with van der Waals surface area (Å²) in [6, 6.07) is 3.52. The highest BCUT2D eigenvalue weighted by molar-refractivity contribution is 5.94. The van der Waals surface area contributed by atoms with Crippen LogP contribution in [0.5, 0.6) is 0 Å². The molecule has 0 amide bonds. The summed E-state index contributed by atoms with van der Waals surface area (Å²) in [5.74, 6) is 0.747. The van der Waals surface area contributed by atoms with E-state index >= 15 is 0 Å². The summed E-state index contributed by atoms with van der Waals surface area (Å²) in [5, 5.41) is 16.9. The van der Waals surface area contributed by atoms with E-state index < -0.39 is 5.60 Å². The normalized spacial score (nSPS) is 11.2. The number of likely N-dealkylation sites (N-methyl/N-ethyl adjacent to an activating group) is 1. The summed E-state index contributed by atoms with van der Waals surface area (Å²) >= 11 is 0. The number of hydrogen-bond donors (Lipinski definition) is 3. The summed E-state index contributed by atoms with van der Waals surface area (Å²) in [6.45, 7) is 3.97. The summed E-state index contributed by atoms with van der Waals surface area (Å²) in [5.41, 5.74) is 5.16. The van der Waals surface area contributed by atoms with Crippen molar-refractivity contribution in [1.29, 1.82) is 5.41 Å². The Balaban J connectivity index is 2.78. The molecule has 0 saturated carbocycles. The van der Waals surface area contributed by atoms with Gasteiger partial charge in [0.05, 0.1) is 5.60 Å². The predicted octanol–water partition coefficient (Wildman–Crippen LogP) is 0.573. The van der Waals surface area contributed by atoms with Gasteiger partial charge in [0.2, 0.25) is 0 Å². The largest absolute Gasteiger partial charge is 0.389 e. The van der Waals surface area contributed by atoms with Crippen molar-refractivity contribution in [3.8, 4) is 0 Å². The number of aromatic nitrogens is 1. The standard InChI is InChI=1S/C11H18N4O/c1-11(2,16)7-15(3)9-5-4-8(6-14-9)10(12)13/h4-6,16H,7H2,1-3H3,(H3,12,13). The van der Waals surface area contributed by atoms with Crippen LogP contribution in [0.2, 0.25) is 0 Å². The van der Waals surface area contributed by atoms with Gasteiger partial charge in [0.15, 0.2) is 0 Å². The zero-order chi connectivity index (χ0) is 12.3. The van der Waals surface area contributed by atoms with E-state index in [0.717, 1.165) is 5.82 Å². The summed E-state index contributed by atoms with van der Waals surface area (Å²) < 4.78 is 0. The second kappa shape index (κ2) is 4.49. The van der Waals surface area contributed by atoms with Crippen molar-refractivity contribution in [2.24, 2.45) is 5.73 Å². The quantitative estimate of drug-likeness (QED) is 0.513. The fourth-order valence-electron chi connectivity index (χ4n) is 1.43. The molecule has 5 heteroatoms. The lowest BCUT2D eigenvalue weighted by molar-refractivity contribution is 0.0884. The van der Waals surface area contributed by atoms with E-state index in [1.54, 1.807) is 32.2 Å². The molecule has 1 rings (SSSR count). The molecule has 0 radical (unpaired) electrons. The molecular formula is C11H18N4O. The van der Waals surface area contributed by atoms with Crippen LogP contribution in [0.4, 0.5) is 5.82 Å². The monoisotopic (exact) mass is 222 g/mol. The lowest BCUT2D eigenvalue weighted by atomic mass is 10.1. The molecule has 0 aliphatic heterocycles. The van der Waals surface area contributed by atoms with Crippen molar-refractivity contribution in [3.63, 3.8) is 0 Å². The van der Waals surface area contributed by atoms with Gasteiger partial charge in [-0.2, -0.15) is 0 Å². The third-order valence-corrected chi connectivity index (χ3v) is 2.07. The Kier molecular flexibility index (Phi) is 3.49. The molecule has 0 fully saturated rings. The summed E-state index contributed by atoms with van der Waals surface area (Å²) in [6.07, 6.45) is 1.55. The molecule has 5 nitrogen and oxygen atoms in total. The second-order valence-electron chi connectivity index (χ2n) is 4.49. The number of amidine groups is 1. The molecular weight excluding hydrogens is 204 g/mol. The predicted molar refractivity (Wildman–Crippen MR) is 64.8 cm³/mol. The van der Waals surface area contributed by atoms with Crippen LogP contribution < -0.4 is 10.6 Å². The van der Waals surface area contributed by atoms with Gasteiger partial charge in [0.1, 0.15) is 11.7 Å². The number of nitrogens with zero attached hydrogens (tertiary/aromatic N) is 2. The number of hydrogen-bond acceptors (Lipinski definition) is 4. The zero-order valence-electron chi connectivity index (χ0n) is 9.86. The average Bonchev–Trinajstić information content (AvgIpc) is 2.15. The molecule has 0 bridgehead atoms. The Labute approximate surface area is 95.4 Å². The van der Waals surface area contributed by atoms with Crippen molar-refractivity contribution in [3.05, 3.63) is 23.9 Å². The van der Waals surface area contributed by atoms with Gasteiger partial charge in [0.25, 0.3) is 0 Å². The number of anilines is 1. The van der Waals surface area contributed by atoms with Gasteiger partial charge in [-0.3, -0.25) is 5.41 Å². The molecule has 0 atom stereocenters. The van der Waals surface area contributed by atoms with Gasteiger partial charge in [-0.1, -0.05) is 0 Å². The molecule has 0 aromatic carbocycles. The summed E-state index contributed by atoms with van der Waals surface area (Å²) in [4.78, 5) is 6.03. The Morgan fingerprint density at radius 1 is 1.56 bits per heavy atom.